The largest absolute Gasteiger partial charge is 0.364 e. The molecular formula is C16H18N6. The zero-order valence-electron chi connectivity index (χ0n) is 12.7. The quantitative estimate of drug-likeness (QED) is 0.801. The summed E-state index contributed by atoms with van der Waals surface area (Å²) in [6.07, 6.45) is 5.98. The summed E-state index contributed by atoms with van der Waals surface area (Å²) in [5.74, 6) is 2.33. The summed E-state index contributed by atoms with van der Waals surface area (Å²) in [7, 11) is 1.94. The molecule has 0 unspecified atom stereocenters. The van der Waals surface area contributed by atoms with Gasteiger partial charge in [-0.3, -0.25) is 9.67 Å². The summed E-state index contributed by atoms with van der Waals surface area (Å²) in [6.45, 7) is 2.71. The van der Waals surface area contributed by atoms with Gasteiger partial charge in [0.05, 0.1) is 5.69 Å². The van der Waals surface area contributed by atoms with E-state index in [1.807, 2.05) is 30.8 Å². The number of anilines is 1. The molecule has 0 radical (unpaired) electrons. The molecule has 112 valence electrons. The van der Waals surface area contributed by atoms with Crippen LogP contribution in [0.15, 0.2) is 24.5 Å². The highest BCUT2D eigenvalue weighted by atomic mass is 15.3. The van der Waals surface area contributed by atoms with Crippen LogP contribution < -0.4 is 5.32 Å². The van der Waals surface area contributed by atoms with Gasteiger partial charge in [-0.05, 0) is 37.5 Å². The van der Waals surface area contributed by atoms with Crippen LogP contribution in [0.5, 0.6) is 0 Å². The molecule has 3 aromatic heterocycles. The molecule has 1 aliphatic carbocycles. The first-order chi connectivity index (χ1) is 10.7. The molecule has 0 spiro atoms. The van der Waals surface area contributed by atoms with Crippen molar-refractivity contribution in [3.63, 3.8) is 0 Å². The van der Waals surface area contributed by atoms with Crippen LogP contribution in [-0.4, -0.2) is 24.7 Å². The molecule has 6 heteroatoms. The van der Waals surface area contributed by atoms with Gasteiger partial charge in [0.1, 0.15) is 16.9 Å². The van der Waals surface area contributed by atoms with E-state index >= 15 is 0 Å². The van der Waals surface area contributed by atoms with Gasteiger partial charge in [0.15, 0.2) is 5.82 Å². The number of aryl methyl sites for hydroxylation is 2. The first kappa shape index (κ1) is 13.2. The Labute approximate surface area is 128 Å². The van der Waals surface area contributed by atoms with Crippen molar-refractivity contribution in [2.24, 2.45) is 7.05 Å². The second-order valence-corrected chi connectivity index (χ2v) is 5.82. The Hall–Kier alpha value is -2.50. The normalized spacial score (nSPS) is 14.5. The summed E-state index contributed by atoms with van der Waals surface area (Å²) >= 11 is 0. The van der Waals surface area contributed by atoms with Crippen molar-refractivity contribution in [3.8, 4) is 0 Å². The van der Waals surface area contributed by atoms with Crippen LogP contribution in [0.4, 0.5) is 5.82 Å². The minimum Gasteiger partial charge on any atom is -0.364 e. The van der Waals surface area contributed by atoms with E-state index in [0.717, 1.165) is 28.4 Å². The maximum absolute atomic E-state index is 4.75. The molecule has 6 nitrogen and oxygen atoms in total. The van der Waals surface area contributed by atoms with E-state index in [2.05, 4.69) is 15.4 Å². The van der Waals surface area contributed by atoms with Crippen LogP contribution in [0.2, 0.25) is 0 Å². The summed E-state index contributed by atoms with van der Waals surface area (Å²) < 4.78 is 1.86. The Morgan fingerprint density at radius 1 is 1.23 bits per heavy atom. The molecule has 3 heterocycles. The number of fused-ring (bicyclic) bond motifs is 1. The third kappa shape index (κ3) is 2.30. The van der Waals surface area contributed by atoms with Crippen LogP contribution >= 0.6 is 0 Å². The number of pyridine rings is 1. The van der Waals surface area contributed by atoms with Crippen LogP contribution in [0.25, 0.3) is 11.0 Å². The van der Waals surface area contributed by atoms with Gasteiger partial charge in [0.25, 0.3) is 0 Å². The SMILES string of the molecule is Cc1nn(C)c2c(NCc3ccncc3)nc(C3CC3)nc12. The van der Waals surface area contributed by atoms with E-state index in [1.165, 1.54) is 18.4 Å². The van der Waals surface area contributed by atoms with E-state index in [9.17, 15) is 0 Å². The topological polar surface area (TPSA) is 68.5 Å². The molecule has 1 aliphatic rings. The molecule has 4 rings (SSSR count). The zero-order valence-corrected chi connectivity index (χ0v) is 12.7. The van der Waals surface area contributed by atoms with Crippen LogP contribution in [-0.2, 0) is 13.6 Å². The minimum absolute atomic E-state index is 0.519. The van der Waals surface area contributed by atoms with Crippen molar-refractivity contribution in [1.29, 1.82) is 0 Å². The fourth-order valence-corrected chi connectivity index (χ4v) is 2.69. The second kappa shape index (κ2) is 5.05. The van der Waals surface area contributed by atoms with Crippen molar-refractivity contribution in [2.45, 2.75) is 32.2 Å². The van der Waals surface area contributed by atoms with Crippen molar-refractivity contribution in [2.75, 3.05) is 5.32 Å². The molecule has 1 fully saturated rings. The van der Waals surface area contributed by atoms with Gasteiger partial charge in [0.2, 0.25) is 0 Å². The highest BCUT2D eigenvalue weighted by Crippen LogP contribution is 2.39. The molecule has 0 atom stereocenters. The Bertz CT molecular complexity index is 820. The summed E-state index contributed by atoms with van der Waals surface area (Å²) in [6, 6.07) is 4.00. The molecule has 22 heavy (non-hydrogen) atoms. The van der Waals surface area contributed by atoms with Crippen molar-refractivity contribution in [3.05, 3.63) is 41.6 Å². The third-order valence-corrected chi connectivity index (χ3v) is 4.02. The van der Waals surface area contributed by atoms with Crippen LogP contribution in [0, 0.1) is 6.92 Å². The van der Waals surface area contributed by atoms with E-state index in [-0.39, 0.29) is 0 Å². The molecule has 0 bridgehead atoms. The first-order valence-electron chi connectivity index (χ1n) is 7.56. The van der Waals surface area contributed by atoms with Gasteiger partial charge in [-0.2, -0.15) is 5.10 Å². The maximum atomic E-state index is 4.75. The lowest BCUT2D eigenvalue weighted by Crippen LogP contribution is -2.07. The van der Waals surface area contributed by atoms with Gasteiger partial charge in [-0.1, -0.05) is 0 Å². The Morgan fingerprint density at radius 2 is 2.00 bits per heavy atom. The van der Waals surface area contributed by atoms with Gasteiger partial charge in [-0.25, -0.2) is 9.97 Å². The average molecular weight is 294 g/mol. The average Bonchev–Trinajstić information content (AvgIpc) is 3.33. The maximum Gasteiger partial charge on any atom is 0.156 e. The lowest BCUT2D eigenvalue weighted by molar-refractivity contribution is 0.781. The van der Waals surface area contributed by atoms with E-state index in [1.54, 1.807) is 12.4 Å². The molecule has 3 aromatic rings. The Kier molecular flexibility index (Phi) is 3.03. The van der Waals surface area contributed by atoms with Gasteiger partial charge < -0.3 is 5.32 Å². The van der Waals surface area contributed by atoms with Crippen LogP contribution in [0.3, 0.4) is 0 Å². The standard InChI is InChI=1S/C16H18N6/c1-10-13-14(22(2)21-10)16(20-15(19-13)12-3-4-12)18-9-11-5-7-17-8-6-11/h5-8,12H,3-4,9H2,1-2H3,(H,18,19,20). The fourth-order valence-electron chi connectivity index (χ4n) is 2.69. The lowest BCUT2D eigenvalue weighted by Gasteiger charge is -2.09. The van der Waals surface area contributed by atoms with Crippen molar-refractivity contribution < 1.29 is 0 Å². The van der Waals surface area contributed by atoms with Gasteiger partial charge in [0, 0.05) is 31.9 Å². The van der Waals surface area contributed by atoms with E-state index in [4.69, 9.17) is 9.97 Å². The summed E-state index contributed by atoms with van der Waals surface area (Å²) in [5, 5.41) is 7.93. The van der Waals surface area contributed by atoms with Crippen LogP contribution in [0.1, 0.15) is 35.8 Å². The summed E-state index contributed by atoms with van der Waals surface area (Å²) in [4.78, 5) is 13.5. The predicted molar refractivity (Wildman–Crippen MR) is 84.6 cm³/mol. The molecule has 0 aromatic carbocycles. The molecule has 0 saturated heterocycles. The smallest absolute Gasteiger partial charge is 0.156 e. The van der Waals surface area contributed by atoms with Gasteiger partial charge >= 0.3 is 0 Å². The summed E-state index contributed by atoms with van der Waals surface area (Å²) in [5.41, 5.74) is 4.05. The van der Waals surface area contributed by atoms with Crippen molar-refractivity contribution in [1.82, 2.24) is 24.7 Å². The lowest BCUT2D eigenvalue weighted by atomic mass is 10.2. The first-order valence-corrected chi connectivity index (χ1v) is 7.56. The third-order valence-electron chi connectivity index (χ3n) is 4.02. The molecule has 1 saturated carbocycles. The minimum atomic E-state index is 0.519. The van der Waals surface area contributed by atoms with Gasteiger partial charge in [-0.15, -0.1) is 0 Å². The van der Waals surface area contributed by atoms with Crippen molar-refractivity contribution >= 4 is 16.9 Å². The highest BCUT2D eigenvalue weighted by Gasteiger charge is 2.28. The molecular weight excluding hydrogens is 276 g/mol. The Balaban J connectivity index is 1.74. The molecule has 0 amide bonds. The second-order valence-electron chi connectivity index (χ2n) is 5.82. The fraction of sp³-hybridized carbons (Fsp3) is 0.375. The number of nitrogens with one attached hydrogen (secondary N) is 1. The van der Waals surface area contributed by atoms with E-state index in [0.29, 0.717) is 12.5 Å². The molecule has 1 N–H and O–H groups in total. The highest BCUT2D eigenvalue weighted by molar-refractivity contribution is 5.87. The zero-order chi connectivity index (χ0) is 15.1. The number of hydrogen-bond donors (Lipinski definition) is 1. The number of nitrogens with zero attached hydrogens (tertiary/aromatic N) is 5. The monoisotopic (exact) mass is 294 g/mol. The number of hydrogen-bond acceptors (Lipinski definition) is 5. The number of aromatic nitrogens is 5. The van der Waals surface area contributed by atoms with E-state index < -0.39 is 0 Å². The Morgan fingerprint density at radius 3 is 2.73 bits per heavy atom. The predicted octanol–water partition coefficient (Wildman–Crippen LogP) is 2.56. The number of rotatable bonds is 4. The molecule has 0 aliphatic heterocycles.